The Morgan fingerprint density at radius 2 is 2.39 bits per heavy atom. The van der Waals surface area contributed by atoms with Crippen LogP contribution in [0.5, 0.6) is 0 Å². The second kappa shape index (κ2) is 7.22. The van der Waals surface area contributed by atoms with Gasteiger partial charge in [-0.2, -0.15) is 0 Å². The van der Waals surface area contributed by atoms with Crippen LogP contribution in [0.15, 0.2) is 9.95 Å². The van der Waals surface area contributed by atoms with E-state index >= 15 is 0 Å². The maximum Gasteiger partial charge on any atom is 0.343 e. The van der Waals surface area contributed by atoms with Crippen molar-refractivity contribution in [2.45, 2.75) is 30.3 Å². The zero-order valence-electron chi connectivity index (χ0n) is 10.7. The van der Waals surface area contributed by atoms with Gasteiger partial charge < -0.3 is 10.1 Å². The van der Waals surface area contributed by atoms with Gasteiger partial charge in [-0.3, -0.25) is 9.36 Å². The first-order valence-corrected chi connectivity index (χ1v) is 6.50. The monoisotopic (exact) mass is 274 g/mol. The second-order valence-electron chi connectivity index (χ2n) is 3.68. The number of carbonyl (C=O) groups is 1. The molecule has 0 radical (unpaired) electrons. The lowest BCUT2D eigenvalue weighted by molar-refractivity contribution is -0.119. The fourth-order valence-electron chi connectivity index (χ4n) is 1.37. The molecule has 0 fully saturated rings. The number of nitrogens with zero attached hydrogens (tertiary/aromatic N) is 2. The van der Waals surface area contributed by atoms with Gasteiger partial charge in [0.1, 0.15) is 0 Å². The normalized spacial score (nSPS) is 12.4. The van der Waals surface area contributed by atoms with Gasteiger partial charge in [-0.25, -0.2) is 9.89 Å². The third-order valence-electron chi connectivity index (χ3n) is 2.35. The Morgan fingerprint density at radius 1 is 1.67 bits per heavy atom. The molecule has 1 heterocycles. The molecule has 0 unspecified atom stereocenters. The standard InChI is InChI=1S/C10H18N4O3S/c1-7(8(15)11-2)18-10-13-12-9(16)14(10)5-4-6-17-3/h7H,4-6H2,1-3H3,(H,11,15)(H,12,16)/t7-/m0/s1. The van der Waals surface area contributed by atoms with E-state index in [9.17, 15) is 9.59 Å². The van der Waals surface area contributed by atoms with Crippen LogP contribution in [0.1, 0.15) is 13.3 Å². The zero-order chi connectivity index (χ0) is 13.5. The molecule has 2 N–H and O–H groups in total. The van der Waals surface area contributed by atoms with Gasteiger partial charge in [-0.1, -0.05) is 11.8 Å². The number of amides is 1. The number of hydrogen-bond donors (Lipinski definition) is 2. The molecule has 0 aromatic carbocycles. The number of H-pyrrole nitrogens is 1. The van der Waals surface area contributed by atoms with Gasteiger partial charge in [0.25, 0.3) is 0 Å². The Labute approximate surface area is 109 Å². The van der Waals surface area contributed by atoms with Crippen LogP contribution in [0, 0.1) is 0 Å². The van der Waals surface area contributed by atoms with E-state index in [-0.39, 0.29) is 16.8 Å². The first kappa shape index (κ1) is 14.8. The highest BCUT2D eigenvalue weighted by Crippen LogP contribution is 2.19. The number of rotatable bonds is 7. The molecule has 1 amide bonds. The molecule has 102 valence electrons. The van der Waals surface area contributed by atoms with Crippen LogP contribution in [0.3, 0.4) is 0 Å². The van der Waals surface area contributed by atoms with Crippen molar-refractivity contribution in [2.75, 3.05) is 20.8 Å². The van der Waals surface area contributed by atoms with Crippen molar-refractivity contribution in [1.29, 1.82) is 0 Å². The molecule has 1 aromatic rings. The highest BCUT2D eigenvalue weighted by Gasteiger charge is 2.17. The van der Waals surface area contributed by atoms with Crippen molar-refractivity contribution >= 4 is 17.7 Å². The number of carbonyl (C=O) groups excluding carboxylic acids is 1. The molecule has 1 atom stereocenters. The number of aromatic nitrogens is 3. The van der Waals surface area contributed by atoms with Gasteiger partial charge in [0.15, 0.2) is 5.16 Å². The Hall–Kier alpha value is -1.28. The summed E-state index contributed by atoms with van der Waals surface area (Å²) >= 11 is 1.25. The Bertz CT molecular complexity index is 443. The van der Waals surface area contributed by atoms with Gasteiger partial charge in [0.2, 0.25) is 5.91 Å². The van der Waals surface area contributed by atoms with Crippen molar-refractivity contribution in [3.8, 4) is 0 Å². The first-order valence-electron chi connectivity index (χ1n) is 5.62. The summed E-state index contributed by atoms with van der Waals surface area (Å²) in [6.45, 7) is 2.86. The minimum absolute atomic E-state index is 0.0982. The fraction of sp³-hybridized carbons (Fsp3) is 0.700. The second-order valence-corrected chi connectivity index (χ2v) is 4.99. The third kappa shape index (κ3) is 3.88. The van der Waals surface area contributed by atoms with E-state index in [0.29, 0.717) is 18.3 Å². The Morgan fingerprint density at radius 3 is 3.00 bits per heavy atom. The van der Waals surface area contributed by atoms with Crippen LogP contribution >= 0.6 is 11.8 Å². The first-order chi connectivity index (χ1) is 8.60. The lowest BCUT2D eigenvalue weighted by atomic mass is 10.4. The summed E-state index contributed by atoms with van der Waals surface area (Å²) in [5, 5.41) is 9.09. The highest BCUT2D eigenvalue weighted by molar-refractivity contribution is 8.00. The predicted molar refractivity (Wildman–Crippen MR) is 68.7 cm³/mol. The van der Waals surface area contributed by atoms with Crippen LogP contribution in [0.25, 0.3) is 0 Å². The molecule has 1 aromatic heterocycles. The van der Waals surface area contributed by atoms with Crippen molar-refractivity contribution < 1.29 is 9.53 Å². The summed E-state index contributed by atoms with van der Waals surface area (Å²) in [5.74, 6) is -0.0982. The van der Waals surface area contributed by atoms with Crippen LogP contribution in [0.2, 0.25) is 0 Å². The Kier molecular flexibility index (Phi) is 5.93. The van der Waals surface area contributed by atoms with Gasteiger partial charge >= 0.3 is 5.69 Å². The van der Waals surface area contributed by atoms with Crippen molar-refractivity contribution in [3.05, 3.63) is 10.5 Å². The summed E-state index contributed by atoms with van der Waals surface area (Å²) < 4.78 is 6.46. The SMILES string of the molecule is CNC(=O)[C@H](C)Sc1n[nH]c(=O)n1CCCOC. The fourth-order valence-corrected chi connectivity index (χ4v) is 2.31. The van der Waals surface area contributed by atoms with Gasteiger partial charge in [0.05, 0.1) is 5.25 Å². The van der Waals surface area contributed by atoms with Crippen LogP contribution in [-0.2, 0) is 16.1 Å². The lowest BCUT2D eigenvalue weighted by Crippen LogP contribution is -2.28. The number of hydrogen-bond acceptors (Lipinski definition) is 5. The summed E-state index contributed by atoms with van der Waals surface area (Å²) in [6.07, 6.45) is 0.720. The summed E-state index contributed by atoms with van der Waals surface area (Å²) in [4.78, 5) is 23.0. The summed E-state index contributed by atoms with van der Waals surface area (Å²) in [7, 11) is 3.19. The molecule has 0 aliphatic heterocycles. The van der Waals surface area contributed by atoms with Gasteiger partial charge in [0, 0.05) is 27.3 Å². The average molecular weight is 274 g/mol. The number of aromatic amines is 1. The van der Waals surface area contributed by atoms with Crippen LogP contribution in [0.4, 0.5) is 0 Å². The topological polar surface area (TPSA) is 89.0 Å². The number of nitrogens with one attached hydrogen (secondary N) is 2. The zero-order valence-corrected chi connectivity index (χ0v) is 11.5. The summed E-state index contributed by atoms with van der Waals surface area (Å²) in [6, 6.07) is 0. The molecule has 0 aliphatic rings. The van der Waals surface area contributed by atoms with E-state index in [2.05, 4.69) is 15.5 Å². The molecule has 18 heavy (non-hydrogen) atoms. The van der Waals surface area contributed by atoms with Crippen molar-refractivity contribution in [1.82, 2.24) is 20.1 Å². The van der Waals surface area contributed by atoms with E-state index in [4.69, 9.17) is 4.74 Å². The van der Waals surface area contributed by atoms with E-state index in [1.807, 2.05) is 0 Å². The van der Waals surface area contributed by atoms with Gasteiger partial charge in [-0.05, 0) is 13.3 Å². The van der Waals surface area contributed by atoms with E-state index in [0.717, 1.165) is 6.42 Å². The number of ether oxygens (including phenoxy) is 1. The molecule has 0 bridgehead atoms. The minimum Gasteiger partial charge on any atom is -0.385 e. The maximum atomic E-state index is 11.5. The molecule has 8 heteroatoms. The third-order valence-corrected chi connectivity index (χ3v) is 3.44. The number of thioether (sulfide) groups is 1. The average Bonchev–Trinajstić information content (AvgIpc) is 2.70. The highest BCUT2D eigenvalue weighted by atomic mass is 32.2. The molecule has 7 nitrogen and oxygen atoms in total. The van der Waals surface area contributed by atoms with E-state index in [1.54, 1.807) is 21.1 Å². The van der Waals surface area contributed by atoms with Gasteiger partial charge in [-0.15, -0.1) is 5.10 Å². The molecule has 1 rings (SSSR count). The van der Waals surface area contributed by atoms with Crippen LogP contribution < -0.4 is 11.0 Å². The van der Waals surface area contributed by atoms with Crippen LogP contribution in [-0.4, -0.2) is 46.7 Å². The molecular formula is C10H18N4O3S. The molecule has 0 spiro atoms. The largest absolute Gasteiger partial charge is 0.385 e. The predicted octanol–water partition coefficient (Wildman–Crippen LogP) is -0.165. The van der Waals surface area contributed by atoms with E-state index in [1.165, 1.54) is 16.3 Å². The molecule has 0 saturated carbocycles. The smallest absolute Gasteiger partial charge is 0.343 e. The van der Waals surface area contributed by atoms with Crippen molar-refractivity contribution in [2.24, 2.45) is 0 Å². The van der Waals surface area contributed by atoms with Crippen molar-refractivity contribution in [3.63, 3.8) is 0 Å². The molecule has 0 saturated heterocycles. The number of methoxy groups -OCH3 is 1. The quantitative estimate of drug-likeness (QED) is 0.532. The lowest BCUT2D eigenvalue weighted by Gasteiger charge is -2.09. The summed E-state index contributed by atoms with van der Waals surface area (Å²) in [5.41, 5.74) is -0.266. The molecule has 0 aliphatic carbocycles. The maximum absolute atomic E-state index is 11.5. The Balaban J connectivity index is 2.71. The minimum atomic E-state index is -0.300. The molecular weight excluding hydrogens is 256 g/mol. The van der Waals surface area contributed by atoms with E-state index < -0.39 is 0 Å².